The van der Waals surface area contributed by atoms with Crippen LogP contribution in [0.3, 0.4) is 0 Å². The number of carbonyl (C=O) groups excluding carboxylic acids is 1. The highest BCUT2D eigenvalue weighted by Gasteiger charge is 2.32. The highest BCUT2D eigenvalue weighted by atomic mass is 35.5. The third-order valence-corrected chi connectivity index (χ3v) is 5.82. The summed E-state index contributed by atoms with van der Waals surface area (Å²) < 4.78 is 64.6. The van der Waals surface area contributed by atoms with Crippen LogP contribution < -0.4 is 10.0 Å². The Morgan fingerprint density at radius 1 is 1.20 bits per heavy atom. The fourth-order valence-corrected chi connectivity index (χ4v) is 4.16. The molecule has 0 atom stereocenters. The Bertz CT molecular complexity index is 732. The number of halogens is 4. The van der Waals surface area contributed by atoms with Gasteiger partial charge in [-0.1, -0.05) is 30.9 Å². The summed E-state index contributed by atoms with van der Waals surface area (Å²) in [5.41, 5.74) is -1.14. The van der Waals surface area contributed by atoms with E-state index in [4.69, 9.17) is 11.6 Å². The summed E-state index contributed by atoms with van der Waals surface area (Å²) in [4.78, 5) is 11.1. The Labute approximate surface area is 149 Å². The third-order valence-electron chi connectivity index (χ3n) is 3.94. The molecule has 1 aromatic carbocycles. The van der Waals surface area contributed by atoms with E-state index in [1.54, 1.807) is 0 Å². The van der Waals surface area contributed by atoms with Gasteiger partial charge in [-0.25, -0.2) is 13.1 Å². The summed E-state index contributed by atoms with van der Waals surface area (Å²) in [5, 5.41) is 2.36. The minimum absolute atomic E-state index is 0.00268. The lowest BCUT2D eigenvalue weighted by molar-refractivity contribution is -0.137. The molecule has 0 aromatic heterocycles. The fourth-order valence-electron chi connectivity index (χ4n) is 2.65. The lowest BCUT2D eigenvalue weighted by atomic mass is 9.95. The second-order valence-corrected chi connectivity index (χ2v) is 8.01. The van der Waals surface area contributed by atoms with Crippen molar-refractivity contribution in [2.75, 3.05) is 6.54 Å². The second-order valence-electron chi connectivity index (χ2n) is 5.87. The van der Waals surface area contributed by atoms with Crippen molar-refractivity contribution in [3.05, 3.63) is 28.8 Å². The first-order valence-corrected chi connectivity index (χ1v) is 9.61. The van der Waals surface area contributed by atoms with Crippen molar-refractivity contribution in [3.63, 3.8) is 0 Å². The molecule has 0 unspecified atom stereocenters. The van der Waals surface area contributed by atoms with Crippen LogP contribution in [0.5, 0.6) is 0 Å². The Morgan fingerprint density at radius 3 is 2.44 bits per heavy atom. The van der Waals surface area contributed by atoms with Crippen LogP contribution in [0.25, 0.3) is 0 Å². The molecule has 0 aliphatic heterocycles. The maximum atomic E-state index is 12.7. The number of sulfonamides is 1. The van der Waals surface area contributed by atoms with Gasteiger partial charge in [0.1, 0.15) is 4.90 Å². The van der Waals surface area contributed by atoms with E-state index in [2.05, 4.69) is 5.32 Å². The number of carbonyl (C=O) groups is 1. The van der Waals surface area contributed by atoms with Crippen LogP contribution in [-0.4, -0.2) is 26.9 Å². The van der Waals surface area contributed by atoms with E-state index in [0.29, 0.717) is 12.1 Å². The van der Waals surface area contributed by atoms with Crippen molar-refractivity contribution in [1.82, 2.24) is 10.0 Å². The maximum absolute atomic E-state index is 12.7. The Morgan fingerprint density at radius 2 is 1.84 bits per heavy atom. The molecule has 1 saturated carbocycles. The summed E-state index contributed by atoms with van der Waals surface area (Å²) in [6.07, 6.45) is 0.0587. The van der Waals surface area contributed by atoms with Gasteiger partial charge in [-0.3, -0.25) is 4.79 Å². The molecule has 2 N–H and O–H groups in total. The predicted octanol–water partition coefficient (Wildman–Crippen LogP) is 3.09. The molecule has 140 valence electrons. The standard InChI is InChI=1S/C15H18ClF3N2O3S/c16-12-7-6-10(15(17,18)19)8-13(12)25(23,24)20-9-14(22)21-11-4-2-1-3-5-11/h6-8,11,20H,1-5,9H2,(H,21,22). The number of benzene rings is 1. The Hall–Kier alpha value is -1.32. The molecule has 0 bridgehead atoms. The summed E-state index contributed by atoms with van der Waals surface area (Å²) in [6.45, 7) is -0.564. The first-order chi connectivity index (χ1) is 11.6. The van der Waals surface area contributed by atoms with Crippen molar-refractivity contribution in [1.29, 1.82) is 0 Å². The summed E-state index contributed by atoms with van der Waals surface area (Å²) in [7, 11) is -4.35. The van der Waals surface area contributed by atoms with Gasteiger partial charge in [-0.05, 0) is 31.0 Å². The van der Waals surface area contributed by atoms with Crippen LogP contribution in [-0.2, 0) is 21.0 Å². The van der Waals surface area contributed by atoms with Gasteiger partial charge >= 0.3 is 6.18 Å². The van der Waals surface area contributed by atoms with Gasteiger partial charge in [0.25, 0.3) is 0 Å². The first kappa shape index (κ1) is 20.0. The van der Waals surface area contributed by atoms with Crippen LogP contribution in [0.4, 0.5) is 13.2 Å². The van der Waals surface area contributed by atoms with Crippen molar-refractivity contribution in [2.24, 2.45) is 0 Å². The largest absolute Gasteiger partial charge is 0.416 e. The monoisotopic (exact) mass is 398 g/mol. The van der Waals surface area contributed by atoms with Gasteiger partial charge in [0.05, 0.1) is 17.1 Å². The van der Waals surface area contributed by atoms with E-state index >= 15 is 0 Å². The zero-order chi connectivity index (χ0) is 18.7. The highest BCUT2D eigenvalue weighted by molar-refractivity contribution is 7.89. The topological polar surface area (TPSA) is 75.3 Å². The normalized spacial score (nSPS) is 16.6. The molecule has 10 heteroatoms. The SMILES string of the molecule is O=C(CNS(=O)(=O)c1cc(C(F)(F)F)ccc1Cl)NC1CCCCC1. The Kier molecular flexibility index (Phi) is 6.34. The number of hydrogen-bond donors (Lipinski definition) is 2. The average molecular weight is 399 g/mol. The third kappa shape index (κ3) is 5.58. The van der Waals surface area contributed by atoms with Crippen LogP contribution >= 0.6 is 11.6 Å². The lowest BCUT2D eigenvalue weighted by Crippen LogP contribution is -2.42. The molecule has 1 aliphatic rings. The van der Waals surface area contributed by atoms with Crippen LogP contribution in [0, 0.1) is 0 Å². The quantitative estimate of drug-likeness (QED) is 0.800. The number of alkyl halides is 3. The first-order valence-electron chi connectivity index (χ1n) is 7.75. The van der Waals surface area contributed by atoms with E-state index in [9.17, 15) is 26.4 Å². The van der Waals surface area contributed by atoms with Gasteiger partial charge in [0, 0.05) is 6.04 Å². The molecule has 0 saturated heterocycles. The smallest absolute Gasteiger partial charge is 0.352 e. The number of nitrogens with one attached hydrogen (secondary N) is 2. The predicted molar refractivity (Wildman–Crippen MR) is 86.7 cm³/mol. The molecule has 1 fully saturated rings. The fraction of sp³-hybridized carbons (Fsp3) is 0.533. The molecule has 1 amide bonds. The van der Waals surface area contributed by atoms with E-state index < -0.39 is 39.1 Å². The van der Waals surface area contributed by atoms with Gasteiger partial charge in [0.15, 0.2) is 0 Å². The van der Waals surface area contributed by atoms with Crippen LogP contribution in [0.15, 0.2) is 23.1 Å². The number of amides is 1. The molecule has 25 heavy (non-hydrogen) atoms. The minimum Gasteiger partial charge on any atom is -0.352 e. The van der Waals surface area contributed by atoms with Crippen molar-refractivity contribution in [2.45, 2.75) is 49.2 Å². The zero-order valence-corrected chi connectivity index (χ0v) is 14.8. The molecule has 5 nitrogen and oxygen atoms in total. The van der Waals surface area contributed by atoms with Gasteiger partial charge in [0.2, 0.25) is 15.9 Å². The molecule has 0 spiro atoms. The molecule has 0 heterocycles. The van der Waals surface area contributed by atoms with Crippen molar-refractivity contribution >= 4 is 27.5 Å². The molecule has 1 aliphatic carbocycles. The summed E-state index contributed by atoms with van der Waals surface area (Å²) >= 11 is 5.71. The zero-order valence-electron chi connectivity index (χ0n) is 13.2. The maximum Gasteiger partial charge on any atom is 0.416 e. The highest BCUT2D eigenvalue weighted by Crippen LogP contribution is 2.33. The number of rotatable bonds is 5. The minimum atomic E-state index is -4.70. The summed E-state index contributed by atoms with van der Waals surface area (Å²) in [5.74, 6) is -0.529. The Balaban J connectivity index is 2.04. The average Bonchev–Trinajstić information content (AvgIpc) is 2.53. The molecular weight excluding hydrogens is 381 g/mol. The molecule has 0 radical (unpaired) electrons. The van der Waals surface area contributed by atoms with E-state index in [0.717, 1.165) is 38.2 Å². The summed E-state index contributed by atoms with van der Waals surface area (Å²) in [6, 6.07) is 2.00. The lowest BCUT2D eigenvalue weighted by Gasteiger charge is -2.22. The van der Waals surface area contributed by atoms with E-state index in [1.165, 1.54) is 0 Å². The van der Waals surface area contributed by atoms with Crippen molar-refractivity contribution < 1.29 is 26.4 Å². The second kappa shape index (κ2) is 7.92. The van der Waals surface area contributed by atoms with E-state index in [-0.39, 0.29) is 11.1 Å². The van der Waals surface area contributed by atoms with Crippen LogP contribution in [0.1, 0.15) is 37.7 Å². The molecule has 1 aromatic rings. The van der Waals surface area contributed by atoms with Gasteiger partial charge in [-0.2, -0.15) is 13.2 Å². The molecular formula is C15H18ClF3N2O3S. The van der Waals surface area contributed by atoms with Crippen molar-refractivity contribution in [3.8, 4) is 0 Å². The van der Waals surface area contributed by atoms with Crippen LogP contribution in [0.2, 0.25) is 5.02 Å². The van der Waals surface area contributed by atoms with Gasteiger partial charge < -0.3 is 5.32 Å². The number of hydrogen-bond acceptors (Lipinski definition) is 3. The molecule has 2 rings (SSSR count). The van der Waals surface area contributed by atoms with Gasteiger partial charge in [-0.15, -0.1) is 0 Å². The van der Waals surface area contributed by atoms with E-state index in [1.807, 2.05) is 4.72 Å².